The van der Waals surface area contributed by atoms with Gasteiger partial charge >= 0.3 is 0 Å². The van der Waals surface area contributed by atoms with E-state index in [1.54, 1.807) is 0 Å². The number of hydrogen-bond donors (Lipinski definition) is 0. The molecule has 3 heteroatoms. The second-order valence-electron chi connectivity index (χ2n) is 14.1. The molecule has 12 rings (SSSR count). The van der Waals surface area contributed by atoms with Gasteiger partial charge in [-0.3, -0.25) is 0 Å². The minimum atomic E-state index is 1.19. The van der Waals surface area contributed by atoms with Gasteiger partial charge in [-0.1, -0.05) is 109 Å². The lowest BCUT2D eigenvalue weighted by Gasteiger charge is -2.12. The summed E-state index contributed by atoms with van der Waals surface area (Å²) in [5.41, 5.74) is 9.70. The average molecular weight is 691 g/mol. The van der Waals surface area contributed by atoms with Gasteiger partial charge in [0.25, 0.3) is 0 Å². The van der Waals surface area contributed by atoms with Crippen LogP contribution in [0.1, 0.15) is 0 Å². The van der Waals surface area contributed by atoms with Crippen LogP contribution < -0.4 is 0 Å². The maximum atomic E-state index is 2.47. The van der Waals surface area contributed by atoms with Gasteiger partial charge in [0.05, 0.1) is 27.8 Å². The molecule has 0 spiro atoms. The Kier molecular flexibility index (Phi) is 5.96. The summed E-state index contributed by atoms with van der Waals surface area (Å²) in [5.74, 6) is 0. The molecule has 3 heterocycles. The van der Waals surface area contributed by atoms with E-state index in [2.05, 4.69) is 191 Å². The summed E-state index contributed by atoms with van der Waals surface area (Å²) in [6.07, 6.45) is 0. The van der Waals surface area contributed by atoms with Crippen molar-refractivity contribution in [3.63, 3.8) is 0 Å². The zero-order valence-corrected chi connectivity index (χ0v) is 29.4. The Morgan fingerprint density at radius 2 is 0.887 bits per heavy atom. The minimum absolute atomic E-state index is 1.19. The fourth-order valence-corrected chi connectivity index (χ4v) is 9.92. The number of hydrogen-bond acceptors (Lipinski definition) is 1. The lowest BCUT2D eigenvalue weighted by Crippen LogP contribution is -1.95. The van der Waals surface area contributed by atoms with Crippen LogP contribution in [0.4, 0.5) is 0 Å². The van der Waals surface area contributed by atoms with E-state index in [-0.39, 0.29) is 0 Å². The number of para-hydroxylation sites is 1. The third-order valence-corrected chi connectivity index (χ3v) is 12.4. The van der Waals surface area contributed by atoms with Crippen molar-refractivity contribution < 1.29 is 0 Å². The van der Waals surface area contributed by atoms with Gasteiger partial charge in [-0.15, -0.1) is 11.3 Å². The van der Waals surface area contributed by atoms with Crippen LogP contribution in [0, 0.1) is 0 Å². The zero-order chi connectivity index (χ0) is 34.6. The van der Waals surface area contributed by atoms with Crippen LogP contribution in [0.15, 0.2) is 182 Å². The lowest BCUT2D eigenvalue weighted by atomic mass is 10.00. The highest BCUT2D eigenvalue weighted by Crippen LogP contribution is 2.41. The zero-order valence-electron chi connectivity index (χ0n) is 28.6. The second-order valence-corrected chi connectivity index (χ2v) is 15.2. The quantitative estimate of drug-likeness (QED) is 0.175. The first-order valence-corrected chi connectivity index (χ1v) is 19.0. The van der Waals surface area contributed by atoms with Crippen LogP contribution in [0.5, 0.6) is 0 Å². The number of thiophene rings is 1. The van der Waals surface area contributed by atoms with Crippen LogP contribution in [-0.4, -0.2) is 9.13 Å². The van der Waals surface area contributed by atoms with E-state index in [0.717, 1.165) is 0 Å². The summed E-state index contributed by atoms with van der Waals surface area (Å²) in [4.78, 5) is 0. The molecule has 0 saturated carbocycles. The predicted octanol–water partition coefficient (Wildman–Crippen LogP) is 14.2. The number of nitrogens with zero attached hydrogens (tertiary/aromatic N) is 2. The first-order valence-electron chi connectivity index (χ1n) is 18.2. The molecule has 0 aliphatic rings. The van der Waals surface area contributed by atoms with E-state index in [1.165, 1.54) is 108 Å². The fourth-order valence-electron chi connectivity index (χ4n) is 8.83. The van der Waals surface area contributed by atoms with E-state index < -0.39 is 0 Å². The highest BCUT2D eigenvalue weighted by atomic mass is 32.1. The van der Waals surface area contributed by atoms with Crippen molar-refractivity contribution in [3.8, 4) is 22.5 Å². The van der Waals surface area contributed by atoms with Crippen molar-refractivity contribution in [2.45, 2.75) is 0 Å². The first-order chi connectivity index (χ1) is 26.3. The third kappa shape index (κ3) is 4.20. The molecule has 0 radical (unpaired) electrons. The molecular formula is C50H30N2S. The summed E-state index contributed by atoms with van der Waals surface area (Å²) >= 11 is 1.87. The van der Waals surface area contributed by atoms with Crippen LogP contribution >= 0.6 is 11.3 Å². The largest absolute Gasteiger partial charge is 0.309 e. The standard InChI is InChI=1S/C50H30N2S/c1-2-12-33-29-48-42(26-32(33)11-1)41-28-35(21-24-47(41)52(48)44-18-9-13-31-10-3-4-14-37(31)44)34-20-23-46-40(27-34)38-15-5-7-17-45(38)51(46)36-22-25-50-43(30-36)39-16-6-8-19-49(39)53-50/h1-30H. The van der Waals surface area contributed by atoms with Crippen LogP contribution in [0.25, 0.3) is 108 Å². The second kappa shape index (κ2) is 10.9. The third-order valence-electron chi connectivity index (χ3n) is 11.3. The molecule has 0 atom stereocenters. The predicted molar refractivity (Wildman–Crippen MR) is 228 cm³/mol. The summed E-state index contributed by atoms with van der Waals surface area (Å²) < 4.78 is 7.56. The van der Waals surface area contributed by atoms with Crippen LogP contribution in [0.3, 0.4) is 0 Å². The minimum Gasteiger partial charge on any atom is -0.309 e. The molecule has 0 aliphatic carbocycles. The van der Waals surface area contributed by atoms with E-state index in [4.69, 9.17) is 0 Å². The Morgan fingerprint density at radius 3 is 1.72 bits per heavy atom. The molecule has 53 heavy (non-hydrogen) atoms. The van der Waals surface area contributed by atoms with Crippen molar-refractivity contribution in [1.29, 1.82) is 0 Å². The van der Waals surface area contributed by atoms with Gasteiger partial charge in [0.1, 0.15) is 0 Å². The van der Waals surface area contributed by atoms with Gasteiger partial charge < -0.3 is 9.13 Å². The Bertz CT molecular complexity index is 3460. The van der Waals surface area contributed by atoms with Crippen molar-refractivity contribution in [1.82, 2.24) is 9.13 Å². The molecule has 0 aliphatic heterocycles. The van der Waals surface area contributed by atoms with Gasteiger partial charge in [-0.2, -0.15) is 0 Å². The number of rotatable bonds is 3. The monoisotopic (exact) mass is 690 g/mol. The lowest BCUT2D eigenvalue weighted by molar-refractivity contribution is 1.19. The molecule has 0 bridgehead atoms. The SMILES string of the molecule is c1ccc2cc3c(cc2c1)c1cc(-c2ccc4c(c2)c2ccccc2n4-c2ccc4sc5ccccc5c4c2)ccc1n3-c1cccc2ccccc12. The molecule has 0 amide bonds. The Hall–Kier alpha value is -6.68. The fraction of sp³-hybridized carbons (Fsp3) is 0. The molecule has 9 aromatic carbocycles. The van der Waals surface area contributed by atoms with Gasteiger partial charge in [0, 0.05) is 52.8 Å². The van der Waals surface area contributed by atoms with E-state index in [1.807, 2.05) is 11.3 Å². The number of aromatic nitrogens is 2. The van der Waals surface area contributed by atoms with Crippen molar-refractivity contribution in [2.75, 3.05) is 0 Å². The summed E-state index contributed by atoms with van der Waals surface area (Å²) in [6, 6.07) is 67.4. The topological polar surface area (TPSA) is 9.86 Å². The smallest absolute Gasteiger partial charge is 0.0547 e. The van der Waals surface area contributed by atoms with E-state index in [9.17, 15) is 0 Å². The molecule has 3 aromatic heterocycles. The maximum Gasteiger partial charge on any atom is 0.0547 e. The number of fused-ring (bicyclic) bond motifs is 11. The summed E-state index contributed by atoms with van der Waals surface area (Å²) in [6.45, 7) is 0. The molecule has 0 fully saturated rings. The van der Waals surface area contributed by atoms with Crippen molar-refractivity contribution in [3.05, 3.63) is 182 Å². The Labute approximate surface area is 309 Å². The average Bonchev–Trinajstić information content (AvgIpc) is 3.86. The molecule has 12 aromatic rings. The molecule has 2 nitrogen and oxygen atoms in total. The molecule has 0 unspecified atom stereocenters. The highest BCUT2D eigenvalue weighted by molar-refractivity contribution is 7.25. The van der Waals surface area contributed by atoms with Gasteiger partial charge in [-0.25, -0.2) is 0 Å². The van der Waals surface area contributed by atoms with Crippen LogP contribution in [0.2, 0.25) is 0 Å². The van der Waals surface area contributed by atoms with E-state index in [0.29, 0.717) is 0 Å². The molecule has 246 valence electrons. The molecular weight excluding hydrogens is 661 g/mol. The Balaban J connectivity index is 1.08. The summed E-state index contributed by atoms with van der Waals surface area (Å²) in [5, 5.41) is 12.7. The first kappa shape index (κ1) is 29.0. The van der Waals surface area contributed by atoms with E-state index >= 15 is 0 Å². The maximum absolute atomic E-state index is 2.47. The van der Waals surface area contributed by atoms with Crippen molar-refractivity contribution >= 4 is 96.7 Å². The molecule has 0 saturated heterocycles. The highest BCUT2D eigenvalue weighted by Gasteiger charge is 2.18. The van der Waals surface area contributed by atoms with Gasteiger partial charge in [-0.05, 0) is 100 Å². The van der Waals surface area contributed by atoms with Crippen LogP contribution in [-0.2, 0) is 0 Å². The van der Waals surface area contributed by atoms with Gasteiger partial charge in [0.15, 0.2) is 0 Å². The van der Waals surface area contributed by atoms with Crippen molar-refractivity contribution in [2.24, 2.45) is 0 Å². The Morgan fingerprint density at radius 1 is 0.302 bits per heavy atom. The normalized spacial score (nSPS) is 12.2. The number of benzene rings is 9. The van der Waals surface area contributed by atoms with Gasteiger partial charge in [0.2, 0.25) is 0 Å². The summed E-state index contributed by atoms with van der Waals surface area (Å²) in [7, 11) is 0. The molecule has 0 N–H and O–H groups in total.